The lowest BCUT2D eigenvalue weighted by molar-refractivity contribution is 0.537. The number of halogens is 3. The predicted octanol–water partition coefficient (Wildman–Crippen LogP) is 5.99. The van der Waals surface area contributed by atoms with Crippen LogP contribution in [0.4, 0.5) is 0 Å². The van der Waals surface area contributed by atoms with E-state index in [1.165, 1.54) is 4.88 Å². The Morgan fingerprint density at radius 3 is 2.50 bits per heavy atom. The molecule has 0 amide bonds. The molecule has 20 heavy (non-hydrogen) atoms. The van der Waals surface area contributed by atoms with E-state index in [0.29, 0.717) is 10.0 Å². The van der Waals surface area contributed by atoms with E-state index >= 15 is 0 Å². The first kappa shape index (κ1) is 16.1. The van der Waals surface area contributed by atoms with Gasteiger partial charge in [0.05, 0.1) is 15.1 Å². The molecule has 0 aliphatic rings. The molecule has 0 fully saturated rings. The van der Waals surface area contributed by atoms with Crippen molar-refractivity contribution in [1.29, 1.82) is 0 Å². The first-order chi connectivity index (χ1) is 9.61. The third-order valence-corrected chi connectivity index (χ3v) is 5.24. The zero-order valence-electron chi connectivity index (χ0n) is 11.1. The smallest absolute Gasteiger partial charge is 0.0595 e. The van der Waals surface area contributed by atoms with Gasteiger partial charge in [0.15, 0.2) is 0 Å². The lowest BCUT2D eigenvalue weighted by Crippen LogP contribution is -2.23. The summed E-state index contributed by atoms with van der Waals surface area (Å²) in [7, 11) is 0. The minimum atomic E-state index is 0.208. The Morgan fingerprint density at radius 2 is 1.90 bits per heavy atom. The Balaban J connectivity index is 2.19. The molecule has 2 rings (SSSR count). The average molecular weight is 349 g/mol. The summed E-state index contributed by atoms with van der Waals surface area (Å²) in [5.74, 6) is 0. The van der Waals surface area contributed by atoms with Crippen molar-refractivity contribution < 1.29 is 0 Å². The lowest BCUT2D eigenvalue weighted by Gasteiger charge is -2.18. The van der Waals surface area contributed by atoms with Crippen molar-refractivity contribution in [2.24, 2.45) is 0 Å². The van der Waals surface area contributed by atoms with Crippen LogP contribution in [0.5, 0.6) is 0 Å². The van der Waals surface area contributed by atoms with E-state index in [1.807, 2.05) is 29.6 Å². The van der Waals surface area contributed by atoms with Crippen LogP contribution in [0.3, 0.4) is 0 Å². The Hall–Kier alpha value is -0.250. The summed E-state index contributed by atoms with van der Waals surface area (Å²) in [4.78, 5) is 1.17. The molecule has 0 aliphatic carbocycles. The molecule has 1 aromatic carbocycles. The molecule has 5 heteroatoms. The third-order valence-electron chi connectivity index (χ3n) is 3.03. The van der Waals surface area contributed by atoms with Gasteiger partial charge in [0.1, 0.15) is 0 Å². The van der Waals surface area contributed by atoms with Crippen LogP contribution < -0.4 is 5.32 Å². The Labute approximate surface area is 138 Å². The summed E-state index contributed by atoms with van der Waals surface area (Å²) in [6.07, 6.45) is 1.93. The van der Waals surface area contributed by atoms with E-state index < -0.39 is 0 Å². The van der Waals surface area contributed by atoms with E-state index in [2.05, 4.69) is 12.2 Å². The quantitative estimate of drug-likeness (QED) is 0.676. The van der Waals surface area contributed by atoms with Crippen molar-refractivity contribution in [2.45, 2.75) is 25.8 Å². The van der Waals surface area contributed by atoms with Crippen LogP contribution in [0, 0.1) is 0 Å². The maximum absolute atomic E-state index is 6.26. The Bertz CT molecular complexity index is 568. The Kier molecular flexibility index (Phi) is 6.19. The largest absolute Gasteiger partial charge is 0.309 e. The van der Waals surface area contributed by atoms with E-state index in [4.69, 9.17) is 34.8 Å². The van der Waals surface area contributed by atoms with Crippen LogP contribution in [0.2, 0.25) is 15.1 Å². The summed E-state index contributed by atoms with van der Waals surface area (Å²) in [6.45, 7) is 3.11. The number of rotatable bonds is 6. The SMILES string of the molecule is CCCNC(Cc1ccc(Cl)c(Cl)c1)c1sccc1Cl. The number of hydrogen-bond donors (Lipinski definition) is 1. The molecule has 0 bridgehead atoms. The van der Waals surface area contributed by atoms with Gasteiger partial charge in [-0.2, -0.15) is 0 Å². The van der Waals surface area contributed by atoms with Gasteiger partial charge in [0.2, 0.25) is 0 Å². The second-order valence-corrected chi connectivity index (χ2v) is 6.76. The van der Waals surface area contributed by atoms with Gasteiger partial charge in [0, 0.05) is 10.9 Å². The van der Waals surface area contributed by atoms with Crippen molar-refractivity contribution in [2.75, 3.05) is 6.54 Å². The highest BCUT2D eigenvalue weighted by Crippen LogP contribution is 2.32. The van der Waals surface area contributed by atoms with Crippen LogP contribution in [0.1, 0.15) is 29.8 Å². The average Bonchev–Trinajstić information content (AvgIpc) is 2.85. The molecule has 1 nitrogen and oxygen atoms in total. The van der Waals surface area contributed by atoms with Crippen LogP contribution in [0.15, 0.2) is 29.6 Å². The van der Waals surface area contributed by atoms with E-state index in [9.17, 15) is 0 Å². The summed E-state index contributed by atoms with van der Waals surface area (Å²) in [5, 5.41) is 7.57. The number of nitrogens with one attached hydrogen (secondary N) is 1. The molecular weight excluding hydrogens is 333 g/mol. The summed E-state index contributed by atoms with van der Waals surface area (Å²) in [6, 6.07) is 7.92. The molecule has 0 spiro atoms. The molecule has 2 aromatic rings. The van der Waals surface area contributed by atoms with Gasteiger partial charge in [-0.1, -0.05) is 47.8 Å². The van der Waals surface area contributed by atoms with Crippen LogP contribution in [0.25, 0.3) is 0 Å². The minimum Gasteiger partial charge on any atom is -0.309 e. The maximum atomic E-state index is 6.26. The maximum Gasteiger partial charge on any atom is 0.0595 e. The highest BCUT2D eigenvalue weighted by atomic mass is 35.5. The topological polar surface area (TPSA) is 12.0 Å². The van der Waals surface area contributed by atoms with Gasteiger partial charge in [0.25, 0.3) is 0 Å². The Morgan fingerprint density at radius 1 is 1.10 bits per heavy atom. The molecule has 1 heterocycles. The molecule has 0 saturated carbocycles. The fraction of sp³-hybridized carbons (Fsp3) is 0.333. The third kappa shape index (κ3) is 4.12. The molecule has 1 aromatic heterocycles. The number of thiophene rings is 1. The molecule has 108 valence electrons. The normalized spacial score (nSPS) is 12.6. The van der Waals surface area contributed by atoms with Crippen LogP contribution in [-0.4, -0.2) is 6.54 Å². The molecular formula is C15H16Cl3NS. The van der Waals surface area contributed by atoms with Crippen molar-refractivity contribution in [1.82, 2.24) is 5.32 Å². The van der Waals surface area contributed by atoms with E-state index in [-0.39, 0.29) is 6.04 Å². The molecule has 0 aliphatic heterocycles. The zero-order valence-corrected chi connectivity index (χ0v) is 14.2. The summed E-state index contributed by atoms with van der Waals surface area (Å²) < 4.78 is 0. The fourth-order valence-corrected chi connectivity index (χ4v) is 3.62. The summed E-state index contributed by atoms with van der Waals surface area (Å²) in [5.41, 5.74) is 1.15. The number of benzene rings is 1. The molecule has 0 radical (unpaired) electrons. The first-order valence-electron chi connectivity index (χ1n) is 6.52. The van der Waals surface area contributed by atoms with Gasteiger partial charge in [-0.05, 0) is 48.5 Å². The minimum absolute atomic E-state index is 0.208. The van der Waals surface area contributed by atoms with Gasteiger partial charge < -0.3 is 5.32 Å². The molecule has 1 unspecified atom stereocenters. The monoisotopic (exact) mass is 347 g/mol. The fourth-order valence-electron chi connectivity index (χ4n) is 2.03. The van der Waals surface area contributed by atoms with E-state index in [0.717, 1.165) is 30.0 Å². The molecule has 1 N–H and O–H groups in total. The van der Waals surface area contributed by atoms with Gasteiger partial charge in [-0.25, -0.2) is 0 Å². The van der Waals surface area contributed by atoms with Gasteiger partial charge >= 0.3 is 0 Å². The second-order valence-electron chi connectivity index (χ2n) is 4.59. The van der Waals surface area contributed by atoms with Crippen molar-refractivity contribution in [3.8, 4) is 0 Å². The highest BCUT2D eigenvalue weighted by molar-refractivity contribution is 7.10. The van der Waals surface area contributed by atoms with Crippen molar-refractivity contribution in [3.63, 3.8) is 0 Å². The van der Waals surface area contributed by atoms with Crippen molar-refractivity contribution >= 4 is 46.1 Å². The van der Waals surface area contributed by atoms with Gasteiger partial charge in [-0.15, -0.1) is 11.3 Å². The predicted molar refractivity (Wildman–Crippen MR) is 90.5 cm³/mol. The summed E-state index contributed by atoms with van der Waals surface area (Å²) >= 11 is 20.0. The molecule has 0 saturated heterocycles. The van der Waals surface area contributed by atoms with Gasteiger partial charge in [-0.3, -0.25) is 0 Å². The van der Waals surface area contributed by atoms with E-state index in [1.54, 1.807) is 11.3 Å². The number of hydrogen-bond acceptors (Lipinski definition) is 2. The second kappa shape index (κ2) is 7.67. The van der Waals surface area contributed by atoms with Crippen molar-refractivity contribution in [3.05, 3.63) is 55.2 Å². The zero-order chi connectivity index (χ0) is 14.5. The standard InChI is InChI=1S/C15H16Cl3NS/c1-2-6-19-14(15-12(17)5-7-20-15)9-10-3-4-11(16)13(18)8-10/h3-5,7-8,14,19H,2,6,9H2,1H3. The highest BCUT2D eigenvalue weighted by Gasteiger charge is 2.16. The van der Waals surface area contributed by atoms with Crippen LogP contribution >= 0.6 is 46.1 Å². The molecule has 1 atom stereocenters. The lowest BCUT2D eigenvalue weighted by atomic mass is 10.0. The van der Waals surface area contributed by atoms with Crippen LogP contribution in [-0.2, 0) is 6.42 Å². The first-order valence-corrected chi connectivity index (χ1v) is 8.53.